The van der Waals surface area contributed by atoms with Gasteiger partial charge in [-0.15, -0.1) is 6.58 Å². The largest absolute Gasteiger partial charge is 0.358 e. The Morgan fingerprint density at radius 1 is 1.70 bits per heavy atom. The van der Waals surface area contributed by atoms with Crippen LogP contribution in [0.1, 0.15) is 20.3 Å². The minimum atomic E-state index is -0.164. The summed E-state index contributed by atoms with van der Waals surface area (Å²) in [7, 11) is 0. The van der Waals surface area contributed by atoms with Crippen LogP contribution in [0.3, 0.4) is 0 Å². The van der Waals surface area contributed by atoms with Crippen LogP contribution in [-0.4, -0.2) is 12.2 Å². The number of rotatable bonds is 5. The van der Waals surface area contributed by atoms with Crippen LogP contribution in [0, 0.1) is 5.92 Å². The highest BCUT2D eigenvalue weighted by atomic mass is 35.5. The van der Waals surface area contributed by atoms with E-state index in [0.717, 1.165) is 6.42 Å². The van der Waals surface area contributed by atoms with Crippen molar-refractivity contribution >= 4 is 11.6 Å². The van der Waals surface area contributed by atoms with Gasteiger partial charge < -0.3 is 4.74 Å². The molecule has 0 saturated carbocycles. The van der Waals surface area contributed by atoms with Gasteiger partial charge in [0, 0.05) is 0 Å². The Morgan fingerprint density at radius 2 is 2.30 bits per heavy atom. The van der Waals surface area contributed by atoms with E-state index in [2.05, 4.69) is 20.4 Å². The smallest absolute Gasteiger partial charge is 0.134 e. The van der Waals surface area contributed by atoms with E-state index in [1.807, 2.05) is 0 Å². The summed E-state index contributed by atoms with van der Waals surface area (Å²) in [6, 6.07) is 0. The molecule has 0 N–H and O–H groups in total. The van der Waals surface area contributed by atoms with Crippen molar-refractivity contribution in [2.24, 2.45) is 5.92 Å². The Kier molecular flexibility index (Phi) is 5.74. The molecular weight excluding hydrogens is 148 g/mol. The Hall–Kier alpha value is -0.0100. The second-order valence-corrected chi connectivity index (χ2v) is 2.79. The van der Waals surface area contributed by atoms with E-state index in [4.69, 9.17) is 16.3 Å². The van der Waals surface area contributed by atoms with Gasteiger partial charge in [-0.1, -0.05) is 31.5 Å². The fourth-order valence-corrected chi connectivity index (χ4v) is 0.760. The predicted octanol–water partition coefficient (Wildman–Crippen LogP) is 2.80. The van der Waals surface area contributed by atoms with E-state index in [1.165, 1.54) is 0 Å². The number of halogens is 1. The summed E-state index contributed by atoms with van der Waals surface area (Å²) < 4.78 is 5.19. The topological polar surface area (TPSA) is 9.23 Å². The first kappa shape index (κ1) is 9.99. The molecule has 0 heterocycles. The molecule has 0 aliphatic carbocycles. The molecular formula is C8H15ClO. The van der Waals surface area contributed by atoms with Crippen molar-refractivity contribution in [2.45, 2.75) is 25.8 Å². The maximum absolute atomic E-state index is 5.84. The fraction of sp³-hybridized carbons (Fsp3) is 0.750. The zero-order valence-corrected chi connectivity index (χ0v) is 7.40. The lowest BCUT2D eigenvalue weighted by Crippen LogP contribution is -2.14. The van der Waals surface area contributed by atoms with Crippen molar-refractivity contribution in [3.05, 3.63) is 12.7 Å². The maximum atomic E-state index is 5.84. The Bertz CT molecular complexity index is 93.3. The van der Waals surface area contributed by atoms with E-state index in [9.17, 15) is 0 Å². The molecule has 2 heteroatoms. The molecule has 0 radical (unpaired) electrons. The first-order valence-electron chi connectivity index (χ1n) is 3.59. The van der Waals surface area contributed by atoms with Crippen LogP contribution >= 0.6 is 11.6 Å². The van der Waals surface area contributed by atoms with Crippen molar-refractivity contribution in [3.8, 4) is 0 Å². The maximum Gasteiger partial charge on any atom is 0.134 e. The third-order valence-corrected chi connectivity index (χ3v) is 2.02. The van der Waals surface area contributed by atoms with Crippen LogP contribution in [0.2, 0.25) is 0 Å². The van der Waals surface area contributed by atoms with Gasteiger partial charge >= 0.3 is 0 Å². The molecule has 0 amide bonds. The molecule has 2 atom stereocenters. The van der Waals surface area contributed by atoms with E-state index in [1.54, 1.807) is 6.08 Å². The van der Waals surface area contributed by atoms with Gasteiger partial charge in [-0.25, -0.2) is 0 Å². The van der Waals surface area contributed by atoms with Crippen molar-refractivity contribution in [3.63, 3.8) is 0 Å². The molecule has 0 aromatic carbocycles. The average Bonchev–Trinajstić information content (AvgIpc) is 1.98. The van der Waals surface area contributed by atoms with Crippen LogP contribution in [-0.2, 0) is 4.74 Å². The van der Waals surface area contributed by atoms with Gasteiger partial charge in [0.25, 0.3) is 0 Å². The number of hydrogen-bond donors (Lipinski definition) is 0. The Balaban J connectivity index is 3.40. The summed E-state index contributed by atoms with van der Waals surface area (Å²) in [6.07, 6.45) is 2.75. The molecule has 0 rings (SSSR count). The van der Waals surface area contributed by atoms with Crippen LogP contribution in [0.5, 0.6) is 0 Å². The highest BCUT2D eigenvalue weighted by Gasteiger charge is 2.10. The number of ether oxygens (including phenoxy) is 1. The van der Waals surface area contributed by atoms with Crippen molar-refractivity contribution < 1.29 is 4.74 Å². The molecule has 10 heavy (non-hydrogen) atoms. The minimum absolute atomic E-state index is 0.164. The molecule has 0 bridgehead atoms. The van der Waals surface area contributed by atoms with Crippen molar-refractivity contribution in [1.82, 2.24) is 0 Å². The van der Waals surface area contributed by atoms with Crippen LogP contribution in [0.25, 0.3) is 0 Å². The third-order valence-electron chi connectivity index (χ3n) is 1.46. The molecule has 0 aromatic rings. The lowest BCUT2D eigenvalue weighted by Gasteiger charge is -2.15. The van der Waals surface area contributed by atoms with Gasteiger partial charge in [0.2, 0.25) is 0 Å². The standard InChI is InChI=1S/C8H15ClO/c1-4-6-10-8(9)7(3)5-2/h4,7-8H,1,5-6H2,2-3H3. The van der Waals surface area contributed by atoms with E-state index >= 15 is 0 Å². The molecule has 1 nitrogen and oxygen atoms in total. The molecule has 0 aliphatic rings. The van der Waals surface area contributed by atoms with Gasteiger partial charge in [0.1, 0.15) is 5.56 Å². The van der Waals surface area contributed by atoms with Gasteiger partial charge in [-0.3, -0.25) is 0 Å². The SMILES string of the molecule is C=CCOC(Cl)C(C)CC. The van der Waals surface area contributed by atoms with Crippen LogP contribution < -0.4 is 0 Å². The van der Waals surface area contributed by atoms with Gasteiger partial charge in [0.15, 0.2) is 0 Å². The molecule has 0 spiro atoms. The molecule has 0 fully saturated rings. The normalized spacial score (nSPS) is 16.3. The third kappa shape index (κ3) is 3.91. The lowest BCUT2D eigenvalue weighted by atomic mass is 10.1. The minimum Gasteiger partial charge on any atom is -0.358 e. The first-order chi connectivity index (χ1) is 4.72. The summed E-state index contributed by atoms with van der Waals surface area (Å²) in [5, 5.41) is 0. The molecule has 2 unspecified atom stereocenters. The van der Waals surface area contributed by atoms with Gasteiger partial charge in [-0.2, -0.15) is 0 Å². The Morgan fingerprint density at radius 3 is 2.70 bits per heavy atom. The average molecular weight is 163 g/mol. The number of hydrogen-bond acceptors (Lipinski definition) is 1. The quantitative estimate of drug-likeness (QED) is 0.446. The molecule has 0 aliphatic heterocycles. The van der Waals surface area contributed by atoms with Gasteiger partial charge in [-0.05, 0) is 12.3 Å². The second kappa shape index (κ2) is 5.75. The monoisotopic (exact) mass is 162 g/mol. The highest BCUT2D eigenvalue weighted by Crippen LogP contribution is 2.14. The van der Waals surface area contributed by atoms with E-state index in [-0.39, 0.29) is 5.56 Å². The lowest BCUT2D eigenvalue weighted by molar-refractivity contribution is 0.0936. The molecule has 0 aromatic heterocycles. The first-order valence-corrected chi connectivity index (χ1v) is 4.02. The van der Waals surface area contributed by atoms with E-state index < -0.39 is 0 Å². The zero-order valence-electron chi connectivity index (χ0n) is 6.64. The summed E-state index contributed by atoms with van der Waals surface area (Å²) >= 11 is 5.84. The van der Waals surface area contributed by atoms with Crippen molar-refractivity contribution in [1.29, 1.82) is 0 Å². The van der Waals surface area contributed by atoms with Crippen molar-refractivity contribution in [2.75, 3.05) is 6.61 Å². The fourth-order valence-electron chi connectivity index (χ4n) is 0.510. The zero-order chi connectivity index (χ0) is 7.98. The van der Waals surface area contributed by atoms with E-state index in [0.29, 0.717) is 12.5 Å². The predicted molar refractivity (Wildman–Crippen MR) is 45.2 cm³/mol. The second-order valence-electron chi connectivity index (χ2n) is 2.36. The van der Waals surface area contributed by atoms with Gasteiger partial charge in [0.05, 0.1) is 6.61 Å². The summed E-state index contributed by atoms with van der Waals surface area (Å²) in [6.45, 7) is 8.24. The molecule has 0 saturated heterocycles. The number of alkyl halides is 1. The summed E-state index contributed by atoms with van der Waals surface area (Å²) in [5.41, 5.74) is -0.164. The highest BCUT2D eigenvalue weighted by molar-refractivity contribution is 6.19. The van der Waals surface area contributed by atoms with Crippen LogP contribution in [0.15, 0.2) is 12.7 Å². The van der Waals surface area contributed by atoms with Crippen LogP contribution in [0.4, 0.5) is 0 Å². The summed E-state index contributed by atoms with van der Waals surface area (Å²) in [5.74, 6) is 0.418. The molecule has 60 valence electrons. The summed E-state index contributed by atoms with van der Waals surface area (Å²) in [4.78, 5) is 0. The Labute approximate surface area is 68.0 Å².